The lowest BCUT2D eigenvalue weighted by Crippen LogP contribution is -2.52. The third kappa shape index (κ3) is 2.76. The minimum absolute atomic E-state index is 0.116. The van der Waals surface area contributed by atoms with Crippen molar-refractivity contribution in [2.45, 2.75) is 31.2 Å². The van der Waals surface area contributed by atoms with Gasteiger partial charge in [0.2, 0.25) is 0 Å². The SMILES string of the molecule is CC[C@H]1C([C@](N)(CC2c3ccccc3Oc3ccccc32)C(=O)O)[C@H]1C(=O)O. The minimum Gasteiger partial charge on any atom is -0.481 e. The highest BCUT2D eigenvalue weighted by Crippen LogP contribution is 2.57. The molecule has 2 aromatic rings. The fourth-order valence-corrected chi connectivity index (χ4v) is 4.85. The zero-order valence-electron chi connectivity index (χ0n) is 15.5. The van der Waals surface area contributed by atoms with Gasteiger partial charge in [0.25, 0.3) is 0 Å². The number of hydrogen-bond donors (Lipinski definition) is 3. The molecule has 0 spiro atoms. The molecule has 6 heteroatoms. The molecule has 1 saturated carbocycles. The number of fused-ring (bicyclic) bond motifs is 2. The number of benzene rings is 2. The molecule has 0 radical (unpaired) electrons. The highest BCUT2D eigenvalue weighted by atomic mass is 16.5. The topological polar surface area (TPSA) is 110 Å². The molecule has 0 saturated heterocycles. The molecule has 4 N–H and O–H groups in total. The average Bonchev–Trinajstić information content (AvgIpc) is 3.43. The van der Waals surface area contributed by atoms with Crippen LogP contribution in [0.15, 0.2) is 48.5 Å². The maximum Gasteiger partial charge on any atom is 0.324 e. The number of carboxylic acids is 2. The van der Waals surface area contributed by atoms with Crippen molar-refractivity contribution in [2.75, 3.05) is 0 Å². The summed E-state index contributed by atoms with van der Waals surface area (Å²) >= 11 is 0. The largest absolute Gasteiger partial charge is 0.481 e. The van der Waals surface area contributed by atoms with Gasteiger partial charge in [-0.05, 0) is 24.5 Å². The highest BCUT2D eigenvalue weighted by molar-refractivity contribution is 5.84. The van der Waals surface area contributed by atoms with Crippen LogP contribution >= 0.6 is 0 Å². The molecule has 2 aromatic carbocycles. The van der Waals surface area contributed by atoms with E-state index in [4.69, 9.17) is 10.5 Å². The quantitative estimate of drug-likeness (QED) is 0.707. The maximum atomic E-state index is 12.3. The summed E-state index contributed by atoms with van der Waals surface area (Å²) in [6.45, 7) is 1.88. The van der Waals surface area contributed by atoms with Crippen LogP contribution in [0.4, 0.5) is 0 Å². The number of carbonyl (C=O) groups is 2. The van der Waals surface area contributed by atoms with Crippen LogP contribution in [0.3, 0.4) is 0 Å². The first-order valence-corrected chi connectivity index (χ1v) is 9.49. The Bertz CT molecular complexity index is 897. The number of hydrogen-bond acceptors (Lipinski definition) is 4. The molecule has 6 nitrogen and oxygen atoms in total. The van der Waals surface area contributed by atoms with Crippen LogP contribution in [0.25, 0.3) is 0 Å². The number of ether oxygens (including phenoxy) is 1. The van der Waals surface area contributed by atoms with E-state index in [0.717, 1.165) is 11.1 Å². The molecule has 1 aliphatic heterocycles. The third-order valence-corrected chi connectivity index (χ3v) is 6.27. The molecule has 2 aliphatic rings. The molecule has 0 aromatic heterocycles. The van der Waals surface area contributed by atoms with Gasteiger partial charge < -0.3 is 20.7 Å². The summed E-state index contributed by atoms with van der Waals surface area (Å²) in [5.74, 6) is -2.57. The Morgan fingerprint density at radius 1 is 1.04 bits per heavy atom. The Balaban J connectivity index is 1.77. The van der Waals surface area contributed by atoms with Crippen molar-refractivity contribution in [3.05, 3.63) is 59.7 Å². The number of nitrogens with two attached hydrogens (primary N) is 1. The van der Waals surface area contributed by atoms with Gasteiger partial charge in [-0.15, -0.1) is 0 Å². The Morgan fingerprint density at radius 3 is 2.00 bits per heavy atom. The van der Waals surface area contributed by atoms with E-state index in [-0.39, 0.29) is 18.3 Å². The van der Waals surface area contributed by atoms with E-state index in [2.05, 4.69) is 0 Å². The average molecular weight is 381 g/mol. The van der Waals surface area contributed by atoms with Gasteiger partial charge in [-0.1, -0.05) is 49.7 Å². The van der Waals surface area contributed by atoms with Crippen LogP contribution in [0.1, 0.15) is 36.8 Å². The molecule has 28 heavy (non-hydrogen) atoms. The van der Waals surface area contributed by atoms with Gasteiger partial charge in [-0.2, -0.15) is 0 Å². The van der Waals surface area contributed by atoms with Crippen molar-refractivity contribution in [2.24, 2.45) is 23.5 Å². The predicted molar refractivity (Wildman–Crippen MR) is 102 cm³/mol. The van der Waals surface area contributed by atoms with Crippen molar-refractivity contribution >= 4 is 11.9 Å². The molecule has 4 rings (SSSR count). The first-order chi connectivity index (χ1) is 13.4. The minimum atomic E-state index is -1.63. The third-order valence-electron chi connectivity index (χ3n) is 6.27. The molecule has 4 atom stereocenters. The van der Waals surface area contributed by atoms with Gasteiger partial charge >= 0.3 is 11.9 Å². The summed E-state index contributed by atoms with van der Waals surface area (Å²) < 4.78 is 5.98. The van der Waals surface area contributed by atoms with Gasteiger partial charge in [0.15, 0.2) is 0 Å². The number of carboxylic acid groups (broad SMARTS) is 2. The monoisotopic (exact) mass is 381 g/mol. The zero-order chi connectivity index (χ0) is 20.1. The van der Waals surface area contributed by atoms with Crippen LogP contribution < -0.4 is 10.5 Å². The van der Waals surface area contributed by atoms with Crippen molar-refractivity contribution in [1.82, 2.24) is 0 Å². The number of rotatable bonds is 6. The molecular weight excluding hydrogens is 358 g/mol. The number of aliphatic carboxylic acids is 2. The van der Waals surface area contributed by atoms with Gasteiger partial charge in [0, 0.05) is 23.0 Å². The normalized spacial score (nSPS) is 25.0. The first kappa shape index (κ1) is 18.5. The summed E-state index contributed by atoms with van der Waals surface area (Å²) in [4.78, 5) is 23.9. The molecule has 0 amide bonds. The number of para-hydroxylation sites is 2. The van der Waals surface area contributed by atoms with Crippen molar-refractivity contribution < 1.29 is 24.5 Å². The first-order valence-electron chi connectivity index (χ1n) is 9.49. The standard InChI is InChI=1S/C22H23NO5/c1-2-12-18(20(24)25)19(12)22(23,21(26)27)11-15-13-7-3-5-9-16(13)28-17-10-6-4-8-14(15)17/h3-10,12,15,18-19H,2,11,23H2,1H3,(H,24,25)(H,26,27)/t12-,18+,19?,22-/m1/s1. The highest BCUT2D eigenvalue weighted by Gasteiger charge is 2.65. The molecule has 1 aliphatic carbocycles. The maximum absolute atomic E-state index is 12.3. The van der Waals surface area contributed by atoms with Crippen LogP contribution in [-0.4, -0.2) is 27.7 Å². The van der Waals surface area contributed by atoms with Gasteiger partial charge in [-0.3, -0.25) is 9.59 Å². The lowest BCUT2D eigenvalue weighted by molar-refractivity contribution is -0.145. The van der Waals surface area contributed by atoms with E-state index in [9.17, 15) is 19.8 Å². The Kier molecular flexibility index (Phi) is 4.38. The zero-order valence-corrected chi connectivity index (χ0v) is 15.5. The van der Waals surface area contributed by atoms with Gasteiger partial charge in [0.05, 0.1) is 5.92 Å². The fourth-order valence-electron chi connectivity index (χ4n) is 4.85. The van der Waals surface area contributed by atoms with E-state index < -0.39 is 29.3 Å². The van der Waals surface area contributed by atoms with Crippen molar-refractivity contribution in [1.29, 1.82) is 0 Å². The molecule has 1 unspecified atom stereocenters. The predicted octanol–water partition coefficient (Wildman–Crippen LogP) is 3.45. The van der Waals surface area contributed by atoms with Gasteiger partial charge in [0.1, 0.15) is 17.0 Å². The summed E-state index contributed by atoms with van der Waals surface area (Å²) in [6, 6.07) is 15.0. The van der Waals surface area contributed by atoms with Crippen LogP contribution in [0.5, 0.6) is 11.5 Å². The fraction of sp³-hybridized carbons (Fsp3) is 0.364. The lowest BCUT2D eigenvalue weighted by atomic mass is 9.75. The van der Waals surface area contributed by atoms with E-state index >= 15 is 0 Å². The summed E-state index contributed by atoms with van der Waals surface area (Å²) in [6.07, 6.45) is 0.708. The van der Waals surface area contributed by atoms with Crippen LogP contribution in [-0.2, 0) is 9.59 Å². The summed E-state index contributed by atoms with van der Waals surface area (Å²) in [5, 5.41) is 19.6. The summed E-state index contributed by atoms with van der Waals surface area (Å²) in [5.41, 5.74) is 6.59. The van der Waals surface area contributed by atoms with E-state index in [1.807, 2.05) is 55.5 Å². The van der Waals surface area contributed by atoms with E-state index in [0.29, 0.717) is 17.9 Å². The second-order valence-electron chi connectivity index (χ2n) is 7.74. The molecule has 146 valence electrons. The van der Waals surface area contributed by atoms with E-state index in [1.54, 1.807) is 0 Å². The van der Waals surface area contributed by atoms with Crippen LogP contribution in [0.2, 0.25) is 0 Å². The van der Waals surface area contributed by atoms with E-state index in [1.165, 1.54) is 0 Å². The second kappa shape index (κ2) is 6.63. The molecule has 1 heterocycles. The second-order valence-corrected chi connectivity index (χ2v) is 7.74. The molecule has 1 fully saturated rings. The Morgan fingerprint density at radius 2 is 1.57 bits per heavy atom. The molecule has 0 bridgehead atoms. The smallest absolute Gasteiger partial charge is 0.324 e. The Hall–Kier alpha value is -2.86. The van der Waals surface area contributed by atoms with Gasteiger partial charge in [-0.25, -0.2) is 0 Å². The summed E-state index contributed by atoms with van der Waals surface area (Å²) in [7, 11) is 0. The Labute approximate surface area is 162 Å². The lowest BCUT2D eigenvalue weighted by Gasteiger charge is -2.34. The molecular formula is C22H23NO5. The van der Waals surface area contributed by atoms with Crippen molar-refractivity contribution in [3.8, 4) is 11.5 Å². The van der Waals surface area contributed by atoms with Crippen molar-refractivity contribution in [3.63, 3.8) is 0 Å². The van der Waals surface area contributed by atoms with Crippen LogP contribution in [0, 0.1) is 17.8 Å².